The number of hydrogen-bond acceptors (Lipinski definition) is 6. The molecule has 0 aliphatic carbocycles. The van der Waals surface area contributed by atoms with E-state index in [1.807, 2.05) is 20.8 Å². The third kappa shape index (κ3) is 3.99. The van der Waals surface area contributed by atoms with Crippen molar-refractivity contribution in [1.29, 1.82) is 0 Å². The Morgan fingerprint density at radius 2 is 2.05 bits per heavy atom. The molecule has 0 spiro atoms. The molecule has 0 bridgehead atoms. The molecule has 0 aromatic carbocycles. The summed E-state index contributed by atoms with van der Waals surface area (Å²) >= 11 is 6.71. The lowest BCUT2D eigenvalue weighted by molar-refractivity contribution is -0.162. The molecule has 3 unspecified atom stereocenters. The number of likely N-dealkylation sites (tertiary alicyclic amines) is 1. The van der Waals surface area contributed by atoms with Gasteiger partial charge >= 0.3 is 5.97 Å². The first kappa shape index (κ1) is 18.0. The maximum absolute atomic E-state index is 12.0. The molecule has 0 saturated carbocycles. The van der Waals surface area contributed by atoms with Crippen LogP contribution in [-0.4, -0.2) is 43.0 Å². The SMILES string of the molecule is CCSSC(=O)SC1C(C(C)C)C(=O)N1C(Cl)C(=O)O. The lowest BCUT2D eigenvalue weighted by atomic mass is 9.87. The number of amides is 1. The highest BCUT2D eigenvalue weighted by atomic mass is 35.5. The average molecular weight is 358 g/mol. The summed E-state index contributed by atoms with van der Waals surface area (Å²) in [6.45, 7) is 5.68. The van der Waals surface area contributed by atoms with Crippen LogP contribution in [0.3, 0.4) is 0 Å². The second kappa shape index (κ2) is 7.82. The number of carboxylic acid groups (broad SMARTS) is 1. The van der Waals surface area contributed by atoms with Gasteiger partial charge in [0.2, 0.25) is 11.4 Å². The Kier molecular flexibility index (Phi) is 7.03. The summed E-state index contributed by atoms with van der Waals surface area (Å²) in [6.07, 6.45) is 0. The zero-order chi connectivity index (χ0) is 15.4. The molecule has 1 amide bonds. The second-order valence-corrected chi connectivity index (χ2v) is 8.76. The Morgan fingerprint density at radius 3 is 2.50 bits per heavy atom. The molecule has 1 aliphatic rings. The quantitative estimate of drug-likeness (QED) is 0.338. The first-order valence-electron chi connectivity index (χ1n) is 6.00. The zero-order valence-corrected chi connectivity index (χ0v) is 14.4. The van der Waals surface area contributed by atoms with Crippen LogP contribution in [0.4, 0.5) is 4.79 Å². The number of β-lactam (4-membered cyclic amide) rings is 1. The Labute approximate surface area is 134 Å². The number of carboxylic acids is 1. The van der Waals surface area contributed by atoms with Gasteiger partial charge in [0.05, 0.1) is 11.3 Å². The molecular weight excluding hydrogens is 342 g/mol. The molecule has 1 aliphatic heterocycles. The Bertz CT molecular complexity index is 407. The second-order valence-electron chi connectivity index (χ2n) is 4.44. The van der Waals surface area contributed by atoms with Crippen molar-refractivity contribution in [1.82, 2.24) is 4.90 Å². The molecular formula is C11H16ClNO4S3. The van der Waals surface area contributed by atoms with Gasteiger partial charge in [0.25, 0.3) is 4.45 Å². The first-order valence-corrected chi connectivity index (χ1v) is 9.63. The number of rotatable bonds is 6. The minimum atomic E-state index is -1.42. The Hall–Kier alpha value is -0.0500. The third-order valence-corrected chi connectivity index (χ3v) is 6.96. The number of alkyl halides is 1. The summed E-state index contributed by atoms with van der Waals surface area (Å²) in [5, 5.41) is 8.42. The van der Waals surface area contributed by atoms with Gasteiger partial charge in [-0.3, -0.25) is 9.59 Å². The van der Waals surface area contributed by atoms with Crippen LogP contribution in [0.2, 0.25) is 0 Å². The van der Waals surface area contributed by atoms with Crippen LogP contribution in [0.15, 0.2) is 0 Å². The summed E-state index contributed by atoms with van der Waals surface area (Å²) in [4.78, 5) is 35.8. The van der Waals surface area contributed by atoms with Crippen LogP contribution in [-0.2, 0) is 9.59 Å². The van der Waals surface area contributed by atoms with Crippen LogP contribution >= 0.6 is 45.0 Å². The van der Waals surface area contributed by atoms with Crippen molar-refractivity contribution in [2.75, 3.05) is 5.75 Å². The Morgan fingerprint density at radius 1 is 1.45 bits per heavy atom. The number of thioether (sulfide) groups is 1. The van der Waals surface area contributed by atoms with E-state index in [1.54, 1.807) is 0 Å². The molecule has 1 fully saturated rings. The molecule has 0 aromatic rings. The van der Waals surface area contributed by atoms with Crippen molar-refractivity contribution in [3.63, 3.8) is 0 Å². The fourth-order valence-electron chi connectivity index (χ4n) is 1.84. The maximum Gasteiger partial charge on any atom is 0.342 e. The van der Waals surface area contributed by atoms with E-state index in [2.05, 4.69) is 0 Å². The van der Waals surface area contributed by atoms with E-state index < -0.39 is 16.8 Å². The highest BCUT2D eigenvalue weighted by Crippen LogP contribution is 2.44. The predicted octanol–water partition coefficient (Wildman–Crippen LogP) is 3.33. The summed E-state index contributed by atoms with van der Waals surface area (Å²) in [5.41, 5.74) is -1.42. The summed E-state index contributed by atoms with van der Waals surface area (Å²) in [5.74, 6) is -1.12. The smallest absolute Gasteiger partial charge is 0.342 e. The monoisotopic (exact) mass is 357 g/mol. The molecule has 1 saturated heterocycles. The van der Waals surface area contributed by atoms with Gasteiger partial charge in [-0.25, -0.2) is 4.79 Å². The highest BCUT2D eigenvalue weighted by Gasteiger charge is 2.54. The van der Waals surface area contributed by atoms with Crippen molar-refractivity contribution in [2.24, 2.45) is 11.8 Å². The Balaban J connectivity index is 2.77. The summed E-state index contributed by atoms with van der Waals surface area (Å²) < 4.78 is -0.140. The third-order valence-electron chi connectivity index (χ3n) is 2.75. The van der Waals surface area contributed by atoms with Crippen molar-refractivity contribution in [3.05, 3.63) is 0 Å². The number of carbonyl (C=O) groups excluding carboxylic acids is 2. The van der Waals surface area contributed by atoms with Gasteiger partial charge in [0, 0.05) is 5.75 Å². The number of carbonyl (C=O) groups is 3. The number of halogens is 1. The number of aliphatic carboxylic acids is 1. The molecule has 1 N–H and O–H groups in total. The van der Waals surface area contributed by atoms with E-state index >= 15 is 0 Å². The van der Waals surface area contributed by atoms with Crippen LogP contribution in [0, 0.1) is 11.8 Å². The van der Waals surface area contributed by atoms with Gasteiger partial charge in [-0.1, -0.05) is 43.2 Å². The van der Waals surface area contributed by atoms with E-state index in [4.69, 9.17) is 16.7 Å². The first-order chi connectivity index (χ1) is 9.31. The van der Waals surface area contributed by atoms with E-state index in [9.17, 15) is 14.4 Å². The molecule has 1 rings (SSSR count). The van der Waals surface area contributed by atoms with Gasteiger partial charge < -0.3 is 10.0 Å². The van der Waals surface area contributed by atoms with Crippen LogP contribution in [0.25, 0.3) is 0 Å². The summed E-state index contributed by atoms with van der Waals surface area (Å²) in [6, 6.07) is 0. The highest BCUT2D eigenvalue weighted by molar-refractivity contribution is 8.85. The predicted molar refractivity (Wildman–Crippen MR) is 84.9 cm³/mol. The van der Waals surface area contributed by atoms with Gasteiger partial charge in [0.1, 0.15) is 0 Å². The molecule has 9 heteroatoms. The molecule has 0 aromatic heterocycles. The van der Waals surface area contributed by atoms with E-state index in [-0.39, 0.29) is 22.2 Å². The minimum absolute atomic E-state index is 0.0329. The van der Waals surface area contributed by atoms with Gasteiger partial charge in [0.15, 0.2) is 0 Å². The molecule has 20 heavy (non-hydrogen) atoms. The zero-order valence-electron chi connectivity index (χ0n) is 11.2. The van der Waals surface area contributed by atoms with Crippen LogP contribution in [0.1, 0.15) is 20.8 Å². The van der Waals surface area contributed by atoms with Crippen LogP contribution < -0.4 is 0 Å². The van der Waals surface area contributed by atoms with Gasteiger partial charge in [-0.05, 0) is 28.5 Å². The largest absolute Gasteiger partial charge is 0.479 e. The van der Waals surface area contributed by atoms with E-state index in [1.165, 1.54) is 10.8 Å². The fraction of sp³-hybridized carbons (Fsp3) is 0.727. The average Bonchev–Trinajstić information content (AvgIpc) is 2.34. The van der Waals surface area contributed by atoms with Crippen molar-refractivity contribution in [2.45, 2.75) is 31.6 Å². The fourth-order valence-corrected chi connectivity index (χ4v) is 5.33. The molecule has 3 atom stereocenters. The lowest BCUT2D eigenvalue weighted by Crippen LogP contribution is -2.65. The van der Waals surface area contributed by atoms with Crippen molar-refractivity contribution < 1.29 is 19.5 Å². The van der Waals surface area contributed by atoms with Crippen LogP contribution in [0.5, 0.6) is 0 Å². The van der Waals surface area contributed by atoms with Crippen molar-refractivity contribution >= 4 is 61.3 Å². The molecule has 0 radical (unpaired) electrons. The van der Waals surface area contributed by atoms with E-state index in [0.717, 1.165) is 33.2 Å². The molecule has 1 heterocycles. The normalized spacial score (nSPS) is 23.6. The number of nitrogens with zero attached hydrogens (tertiary/aromatic N) is 1. The molecule has 114 valence electrons. The number of hydrogen-bond donors (Lipinski definition) is 1. The minimum Gasteiger partial charge on any atom is -0.479 e. The topological polar surface area (TPSA) is 74.7 Å². The lowest BCUT2D eigenvalue weighted by Gasteiger charge is -2.48. The molecule has 5 nitrogen and oxygen atoms in total. The van der Waals surface area contributed by atoms with Crippen molar-refractivity contribution in [3.8, 4) is 0 Å². The van der Waals surface area contributed by atoms with Gasteiger partial charge in [-0.2, -0.15) is 0 Å². The summed E-state index contributed by atoms with van der Waals surface area (Å²) in [7, 11) is 2.52. The maximum atomic E-state index is 12.0. The standard InChI is InChI=1S/C11H16ClNO4S3/c1-4-18-20-11(17)19-9-6(5(2)3)8(14)13(9)7(12)10(15)16/h5-7,9H,4H2,1-3H3,(H,15,16). The van der Waals surface area contributed by atoms with Gasteiger partial charge in [-0.15, -0.1) is 0 Å². The van der Waals surface area contributed by atoms with E-state index in [0.29, 0.717) is 0 Å².